The van der Waals surface area contributed by atoms with Gasteiger partial charge in [-0.3, -0.25) is 0 Å². The largest absolute Gasteiger partial charge is 0.368 e. The highest BCUT2D eigenvalue weighted by atomic mass is 35.5. The Labute approximate surface area is 117 Å². The summed E-state index contributed by atoms with van der Waals surface area (Å²) in [6.07, 6.45) is 3.75. The van der Waals surface area contributed by atoms with Crippen LogP contribution in [0.25, 0.3) is 10.2 Å². The monoisotopic (exact) mass is 283 g/mol. The molecule has 0 atom stereocenters. The summed E-state index contributed by atoms with van der Waals surface area (Å²) in [6.45, 7) is 5.23. The van der Waals surface area contributed by atoms with E-state index in [-0.39, 0.29) is 5.41 Å². The third-order valence-corrected chi connectivity index (χ3v) is 5.13. The van der Waals surface area contributed by atoms with E-state index in [1.807, 2.05) is 11.4 Å². The zero-order chi connectivity index (χ0) is 13.0. The standard InChI is InChI=1S/C13H18ClN3S/c1-3-13(4-2,7-14)8-15-12-11-10(5-6-18-11)16-9-17-12/h5-6,9H,3-4,7-8H2,1-2H3,(H,15,16,17). The number of alkyl halides is 1. The molecule has 0 aliphatic carbocycles. The number of hydrogen-bond donors (Lipinski definition) is 1. The van der Waals surface area contributed by atoms with Crippen LogP contribution in [0.1, 0.15) is 26.7 Å². The molecule has 0 spiro atoms. The summed E-state index contributed by atoms with van der Waals surface area (Å²) in [5.41, 5.74) is 1.15. The lowest BCUT2D eigenvalue weighted by Crippen LogP contribution is -2.30. The van der Waals surface area contributed by atoms with E-state index in [1.54, 1.807) is 17.7 Å². The number of halogens is 1. The fourth-order valence-corrected chi connectivity index (χ4v) is 3.21. The number of anilines is 1. The summed E-state index contributed by atoms with van der Waals surface area (Å²) in [7, 11) is 0. The molecule has 2 heterocycles. The van der Waals surface area contributed by atoms with Crippen molar-refractivity contribution in [3.8, 4) is 0 Å². The van der Waals surface area contributed by atoms with Crippen LogP contribution in [0.5, 0.6) is 0 Å². The number of thiophene rings is 1. The predicted octanol–water partition coefficient (Wildman–Crippen LogP) is 4.15. The van der Waals surface area contributed by atoms with Gasteiger partial charge in [-0.25, -0.2) is 9.97 Å². The van der Waals surface area contributed by atoms with Crippen LogP contribution >= 0.6 is 22.9 Å². The Bertz CT molecular complexity index is 499. The van der Waals surface area contributed by atoms with Gasteiger partial charge in [-0.15, -0.1) is 22.9 Å². The van der Waals surface area contributed by atoms with Crippen molar-refractivity contribution >= 4 is 39.0 Å². The van der Waals surface area contributed by atoms with E-state index in [9.17, 15) is 0 Å². The summed E-state index contributed by atoms with van der Waals surface area (Å²) < 4.78 is 1.12. The molecule has 0 aliphatic rings. The zero-order valence-corrected chi connectivity index (χ0v) is 12.3. The van der Waals surface area contributed by atoms with Crippen LogP contribution in [-0.2, 0) is 0 Å². The topological polar surface area (TPSA) is 37.8 Å². The van der Waals surface area contributed by atoms with Gasteiger partial charge in [0.1, 0.15) is 12.1 Å². The lowest BCUT2D eigenvalue weighted by atomic mass is 9.84. The minimum Gasteiger partial charge on any atom is -0.368 e. The second-order valence-electron chi connectivity index (χ2n) is 4.55. The van der Waals surface area contributed by atoms with Crippen molar-refractivity contribution in [3.63, 3.8) is 0 Å². The number of nitrogens with one attached hydrogen (secondary N) is 1. The van der Waals surface area contributed by atoms with Gasteiger partial charge in [0.2, 0.25) is 0 Å². The van der Waals surface area contributed by atoms with Gasteiger partial charge in [-0.1, -0.05) is 13.8 Å². The quantitative estimate of drug-likeness (QED) is 0.810. The molecule has 0 amide bonds. The van der Waals surface area contributed by atoms with Crippen molar-refractivity contribution in [2.45, 2.75) is 26.7 Å². The van der Waals surface area contributed by atoms with Gasteiger partial charge in [-0.2, -0.15) is 0 Å². The molecule has 2 rings (SSSR count). The van der Waals surface area contributed by atoms with E-state index >= 15 is 0 Å². The van der Waals surface area contributed by atoms with Crippen LogP contribution < -0.4 is 5.32 Å². The highest BCUT2D eigenvalue weighted by molar-refractivity contribution is 7.17. The second-order valence-corrected chi connectivity index (χ2v) is 5.73. The molecular weight excluding hydrogens is 266 g/mol. The summed E-state index contributed by atoms with van der Waals surface area (Å²) >= 11 is 7.78. The Hall–Kier alpha value is -0.870. The Balaban J connectivity index is 2.17. The van der Waals surface area contributed by atoms with Crippen LogP contribution in [0.2, 0.25) is 0 Å². The lowest BCUT2D eigenvalue weighted by molar-refractivity contribution is 0.326. The van der Waals surface area contributed by atoms with Gasteiger partial charge in [0.05, 0.1) is 10.2 Å². The lowest BCUT2D eigenvalue weighted by Gasteiger charge is -2.29. The molecule has 0 radical (unpaired) electrons. The molecule has 2 aromatic rings. The first-order chi connectivity index (χ1) is 8.74. The average Bonchev–Trinajstić information content (AvgIpc) is 2.90. The minimum atomic E-state index is 0.149. The third kappa shape index (κ3) is 2.59. The summed E-state index contributed by atoms with van der Waals surface area (Å²) in [4.78, 5) is 8.57. The number of rotatable bonds is 6. The van der Waals surface area contributed by atoms with Crippen molar-refractivity contribution in [3.05, 3.63) is 17.8 Å². The molecule has 0 unspecified atom stereocenters. The Morgan fingerprint density at radius 2 is 2.11 bits per heavy atom. The van der Waals surface area contributed by atoms with Crippen molar-refractivity contribution < 1.29 is 0 Å². The molecule has 5 heteroatoms. The molecule has 0 aromatic carbocycles. The molecule has 18 heavy (non-hydrogen) atoms. The van der Waals surface area contributed by atoms with Crippen LogP contribution in [-0.4, -0.2) is 22.4 Å². The van der Waals surface area contributed by atoms with Crippen LogP contribution in [0.15, 0.2) is 17.8 Å². The smallest absolute Gasteiger partial charge is 0.147 e. The summed E-state index contributed by atoms with van der Waals surface area (Å²) in [5.74, 6) is 1.59. The zero-order valence-electron chi connectivity index (χ0n) is 10.7. The van der Waals surface area contributed by atoms with Gasteiger partial charge < -0.3 is 5.32 Å². The molecule has 0 bridgehead atoms. The number of fused-ring (bicyclic) bond motifs is 1. The molecular formula is C13H18ClN3S. The van der Waals surface area contributed by atoms with E-state index in [1.165, 1.54) is 0 Å². The molecule has 98 valence electrons. The van der Waals surface area contributed by atoms with E-state index in [0.29, 0.717) is 5.88 Å². The Morgan fingerprint density at radius 3 is 2.78 bits per heavy atom. The van der Waals surface area contributed by atoms with Crippen molar-refractivity contribution in [1.29, 1.82) is 0 Å². The Kier molecular flexibility index (Phi) is 4.40. The summed E-state index contributed by atoms with van der Waals surface area (Å²) in [6, 6.07) is 2.02. The fraction of sp³-hybridized carbons (Fsp3) is 0.538. The summed E-state index contributed by atoms with van der Waals surface area (Å²) in [5, 5.41) is 5.48. The molecule has 0 aliphatic heterocycles. The minimum absolute atomic E-state index is 0.149. The third-order valence-electron chi connectivity index (χ3n) is 3.66. The van der Waals surface area contributed by atoms with Gasteiger partial charge in [-0.05, 0) is 24.3 Å². The van der Waals surface area contributed by atoms with Crippen LogP contribution in [0, 0.1) is 5.41 Å². The number of nitrogens with zero attached hydrogens (tertiary/aromatic N) is 2. The van der Waals surface area contributed by atoms with Crippen LogP contribution in [0.4, 0.5) is 5.82 Å². The van der Waals surface area contributed by atoms with Crippen molar-refractivity contribution in [2.75, 3.05) is 17.7 Å². The van der Waals surface area contributed by atoms with Gasteiger partial charge in [0.15, 0.2) is 0 Å². The fourth-order valence-electron chi connectivity index (χ4n) is 1.92. The SMILES string of the molecule is CCC(CC)(CCl)CNc1ncnc2ccsc12. The predicted molar refractivity (Wildman–Crippen MR) is 79.6 cm³/mol. The van der Waals surface area contributed by atoms with Crippen molar-refractivity contribution in [1.82, 2.24) is 9.97 Å². The molecule has 0 fully saturated rings. The van der Waals surface area contributed by atoms with E-state index < -0.39 is 0 Å². The molecule has 2 aromatic heterocycles. The highest BCUT2D eigenvalue weighted by Crippen LogP contribution is 2.30. The van der Waals surface area contributed by atoms with Crippen LogP contribution in [0.3, 0.4) is 0 Å². The molecule has 3 nitrogen and oxygen atoms in total. The first-order valence-corrected chi connectivity index (χ1v) is 7.64. The van der Waals surface area contributed by atoms with E-state index in [4.69, 9.17) is 11.6 Å². The highest BCUT2D eigenvalue weighted by Gasteiger charge is 2.25. The molecule has 1 N–H and O–H groups in total. The second kappa shape index (κ2) is 5.85. The number of hydrogen-bond acceptors (Lipinski definition) is 4. The van der Waals surface area contributed by atoms with E-state index in [0.717, 1.165) is 35.4 Å². The number of aromatic nitrogens is 2. The van der Waals surface area contributed by atoms with Gasteiger partial charge in [0, 0.05) is 17.8 Å². The van der Waals surface area contributed by atoms with Crippen molar-refractivity contribution in [2.24, 2.45) is 5.41 Å². The molecule has 0 saturated heterocycles. The normalized spacial score (nSPS) is 11.9. The first-order valence-electron chi connectivity index (χ1n) is 6.22. The molecule has 0 saturated carbocycles. The Morgan fingerprint density at radius 1 is 1.33 bits per heavy atom. The maximum absolute atomic E-state index is 6.12. The first kappa shape index (κ1) is 13.6. The maximum Gasteiger partial charge on any atom is 0.147 e. The van der Waals surface area contributed by atoms with Gasteiger partial charge >= 0.3 is 0 Å². The maximum atomic E-state index is 6.12. The van der Waals surface area contributed by atoms with Gasteiger partial charge in [0.25, 0.3) is 0 Å². The van der Waals surface area contributed by atoms with E-state index in [2.05, 4.69) is 29.1 Å². The average molecular weight is 284 g/mol.